The number of carbonyl (C=O) groups excluding carboxylic acids is 1. The molecule has 0 aromatic carbocycles. The zero-order valence-corrected chi connectivity index (χ0v) is 8.67. The highest BCUT2D eigenvalue weighted by Crippen LogP contribution is 2.23. The van der Waals surface area contributed by atoms with Crippen molar-refractivity contribution in [2.45, 2.75) is 33.2 Å². The first-order chi connectivity index (χ1) is 6.15. The molecule has 0 bridgehead atoms. The standard InChI is InChI=1S/C10H19NO2/c1-4-13-10(12)9-5-8(3)11-6-7(9)2/h7-9,11H,4-6H2,1-3H3/t7-,8-,9+/m1/s1. The van der Waals surface area contributed by atoms with Crippen molar-refractivity contribution >= 4 is 5.97 Å². The molecule has 0 aliphatic carbocycles. The van der Waals surface area contributed by atoms with Gasteiger partial charge in [-0.15, -0.1) is 0 Å². The smallest absolute Gasteiger partial charge is 0.309 e. The summed E-state index contributed by atoms with van der Waals surface area (Å²) in [6, 6.07) is 0.436. The molecule has 0 amide bonds. The van der Waals surface area contributed by atoms with Crippen LogP contribution in [0.3, 0.4) is 0 Å². The first kappa shape index (κ1) is 10.5. The molecular formula is C10H19NO2. The molecule has 0 radical (unpaired) electrons. The van der Waals surface area contributed by atoms with E-state index in [9.17, 15) is 4.79 Å². The van der Waals surface area contributed by atoms with E-state index in [0.29, 0.717) is 18.6 Å². The fourth-order valence-corrected chi connectivity index (χ4v) is 1.80. The van der Waals surface area contributed by atoms with Gasteiger partial charge in [0, 0.05) is 6.04 Å². The SMILES string of the molecule is CCOC(=O)[C@H]1C[C@@H](C)NC[C@H]1C. The second kappa shape index (κ2) is 4.61. The van der Waals surface area contributed by atoms with Crippen LogP contribution >= 0.6 is 0 Å². The summed E-state index contributed by atoms with van der Waals surface area (Å²) in [5, 5.41) is 3.35. The Morgan fingerprint density at radius 1 is 1.54 bits per heavy atom. The first-order valence-electron chi connectivity index (χ1n) is 5.05. The van der Waals surface area contributed by atoms with Crippen LogP contribution in [-0.2, 0) is 9.53 Å². The predicted molar refractivity (Wildman–Crippen MR) is 51.4 cm³/mol. The van der Waals surface area contributed by atoms with Crippen LogP contribution in [0.5, 0.6) is 0 Å². The van der Waals surface area contributed by atoms with Crippen molar-refractivity contribution in [3.8, 4) is 0 Å². The molecule has 3 heteroatoms. The number of ether oxygens (including phenoxy) is 1. The van der Waals surface area contributed by atoms with Crippen LogP contribution in [0, 0.1) is 11.8 Å². The Bertz CT molecular complexity index is 182. The van der Waals surface area contributed by atoms with Crippen molar-refractivity contribution in [3.05, 3.63) is 0 Å². The Morgan fingerprint density at radius 2 is 2.23 bits per heavy atom. The summed E-state index contributed by atoms with van der Waals surface area (Å²) in [5.41, 5.74) is 0. The zero-order valence-electron chi connectivity index (χ0n) is 8.67. The van der Waals surface area contributed by atoms with E-state index >= 15 is 0 Å². The fraction of sp³-hybridized carbons (Fsp3) is 0.900. The van der Waals surface area contributed by atoms with Gasteiger partial charge in [-0.3, -0.25) is 4.79 Å². The second-order valence-corrected chi connectivity index (χ2v) is 3.88. The average molecular weight is 185 g/mol. The van der Waals surface area contributed by atoms with Crippen LogP contribution in [0.1, 0.15) is 27.2 Å². The van der Waals surface area contributed by atoms with E-state index in [-0.39, 0.29) is 11.9 Å². The van der Waals surface area contributed by atoms with Gasteiger partial charge in [0.25, 0.3) is 0 Å². The molecule has 0 unspecified atom stereocenters. The van der Waals surface area contributed by atoms with Crippen molar-refractivity contribution in [3.63, 3.8) is 0 Å². The van der Waals surface area contributed by atoms with Crippen molar-refractivity contribution in [1.82, 2.24) is 5.32 Å². The van der Waals surface area contributed by atoms with Crippen LogP contribution in [0.4, 0.5) is 0 Å². The minimum absolute atomic E-state index is 0.0247. The molecule has 0 saturated carbocycles. The third-order valence-electron chi connectivity index (χ3n) is 2.67. The average Bonchev–Trinajstić information content (AvgIpc) is 2.09. The number of carbonyl (C=O) groups is 1. The van der Waals surface area contributed by atoms with E-state index < -0.39 is 0 Å². The third kappa shape index (κ3) is 2.69. The molecule has 0 aromatic rings. The van der Waals surface area contributed by atoms with Crippen LogP contribution < -0.4 is 5.32 Å². The number of esters is 1. The van der Waals surface area contributed by atoms with Gasteiger partial charge >= 0.3 is 5.97 Å². The lowest BCUT2D eigenvalue weighted by molar-refractivity contribution is -0.151. The molecule has 1 heterocycles. The van der Waals surface area contributed by atoms with Crippen LogP contribution in [0.15, 0.2) is 0 Å². The number of nitrogens with one attached hydrogen (secondary N) is 1. The van der Waals surface area contributed by atoms with E-state index in [1.165, 1.54) is 0 Å². The molecule has 0 spiro atoms. The summed E-state index contributed by atoms with van der Waals surface area (Å²) in [7, 11) is 0. The Balaban J connectivity index is 2.50. The molecule has 1 N–H and O–H groups in total. The fourth-order valence-electron chi connectivity index (χ4n) is 1.80. The molecular weight excluding hydrogens is 166 g/mol. The van der Waals surface area contributed by atoms with Crippen LogP contribution in [0.2, 0.25) is 0 Å². The van der Waals surface area contributed by atoms with Gasteiger partial charge in [0.2, 0.25) is 0 Å². The van der Waals surface area contributed by atoms with Crippen molar-refractivity contribution < 1.29 is 9.53 Å². The molecule has 1 aliphatic rings. The van der Waals surface area contributed by atoms with Crippen molar-refractivity contribution in [1.29, 1.82) is 0 Å². The predicted octanol–water partition coefficient (Wildman–Crippen LogP) is 1.18. The quantitative estimate of drug-likeness (QED) is 0.657. The second-order valence-electron chi connectivity index (χ2n) is 3.88. The molecule has 1 aliphatic heterocycles. The van der Waals surface area contributed by atoms with Gasteiger partial charge in [-0.25, -0.2) is 0 Å². The van der Waals surface area contributed by atoms with Crippen LogP contribution in [-0.4, -0.2) is 25.2 Å². The molecule has 1 fully saturated rings. The Morgan fingerprint density at radius 3 is 2.85 bits per heavy atom. The van der Waals surface area contributed by atoms with Gasteiger partial charge in [0.1, 0.15) is 0 Å². The van der Waals surface area contributed by atoms with Crippen LogP contribution in [0.25, 0.3) is 0 Å². The van der Waals surface area contributed by atoms with E-state index in [4.69, 9.17) is 4.74 Å². The van der Waals surface area contributed by atoms with Gasteiger partial charge in [-0.2, -0.15) is 0 Å². The lowest BCUT2D eigenvalue weighted by Crippen LogP contribution is -2.44. The summed E-state index contributed by atoms with van der Waals surface area (Å²) < 4.78 is 5.03. The van der Waals surface area contributed by atoms with Gasteiger partial charge in [-0.05, 0) is 32.7 Å². The number of rotatable bonds is 2. The lowest BCUT2D eigenvalue weighted by atomic mass is 9.85. The van der Waals surface area contributed by atoms with Gasteiger partial charge in [0.15, 0.2) is 0 Å². The number of hydrogen-bond acceptors (Lipinski definition) is 3. The topological polar surface area (TPSA) is 38.3 Å². The maximum atomic E-state index is 11.5. The van der Waals surface area contributed by atoms with Crippen molar-refractivity contribution in [2.75, 3.05) is 13.2 Å². The molecule has 3 atom stereocenters. The molecule has 0 aromatic heterocycles. The maximum Gasteiger partial charge on any atom is 0.309 e. The summed E-state index contributed by atoms with van der Waals surface area (Å²) in [4.78, 5) is 11.5. The summed E-state index contributed by atoms with van der Waals surface area (Å²) in [5.74, 6) is 0.467. The normalized spacial score (nSPS) is 34.2. The van der Waals surface area contributed by atoms with E-state index in [2.05, 4.69) is 19.2 Å². The highest BCUT2D eigenvalue weighted by Gasteiger charge is 2.31. The van der Waals surface area contributed by atoms with Crippen molar-refractivity contribution in [2.24, 2.45) is 11.8 Å². The highest BCUT2D eigenvalue weighted by atomic mass is 16.5. The van der Waals surface area contributed by atoms with E-state index in [1.807, 2.05) is 6.92 Å². The number of hydrogen-bond donors (Lipinski definition) is 1. The number of piperidine rings is 1. The zero-order chi connectivity index (χ0) is 9.84. The summed E-state index contributed by atoms with van der Waals surface area (Å²) >= 11 is 0. The molecule has 13 heavy (non-hydrogen) atoms. The Hall–Kier alpha value is -0.570. The Labute approximate surface area is 79.8 Å². The molecule has 1 rings (SSSR count). The Kier molecular flexibility index (Phi) is 3.72. The highest BCUT2D eigenvalue weighted by molar-refractivity contribution is 5.73. The first-order valence-corrected chi connectivity index (χ1v) is 5.05. The molecule has 3 nitrogen and oxygen atoms in total. The largest absolute Gasteiger partial charge is 0.466 e. The van der Waals surface area contributed by atoms with Gasteiger partial charge in [-0.1, -0.05) is 6.92 Å². The van der Waals surface area contributed by atoms with Gasteiger partial charge < -0.3 is 10.1 Å². The van der Waals surface area contributed by atoms with Gasteiger partial charge in [0.05, 0.1) is 12.5 Å². The summed E-state index contributed by atoms with van der Waals surface area (Å²) in [6.07, 6.45) is 0.903. The molecule has 76 valence electrons. The lowest BCUT2D eigenvalue weighted by Gasteiger charge is -2.31. The van der Waals surface area contributed by atoms with E-state index in [0.717, 1.165) is 13.0 Å². The monoisotopic (exact) mass is 185 g/mol. The third-order valence-corrected chi connectivity index (χ3v) is 2.67. The minimum Gasteiger partial charge on any atom is -0.466 e. The minimum atomic E-state index is -0.0247. The molecule has 1 saturated heterocycles. The van der Waals surface area contributed by atoms with E-state index in [1.54, 1.807) is 0 Å². The maximum absolute atomic E-state index is 11.5. The summed E-state index contributed by atoms with van der Waals surface area (Å²) in [6.45, 7) is 7.47.